The third-order valence-electron chi connectivity index (χ3n) is 13.4. The molecular formula is C45H74N4O3. The van der Waals surface area contributed by atoms with Crippen LogP contribution in [0.25, 0.3) is 11.1 Å². The quantitative estimate of drug-likeness (QED) is 0.143. The number of methoxy groups -OCH3 is 1. The number of para-hydroxylation sites is 1. The Labute approximate surface area is 317 Å². The van der Waals surface area contributed by atoms with E-state index in [2.05, 4.69) is 126 Å². The summed E-state index contributed by atoms with van der Waals surface area (Å²) in [6.07, 6.45) is 9.34. The number of hydrogen-bond donors (Lipinski definition) is 2. The molecule has 3 saturated carbocycles. The number of nitrogens with one attached hydrogen (secondary N) is 1. The summed E-state index contributed by atoms with van der Waals surface area (Å²) >= 11 is 0. The molecule has 4 aliphatic rings. The van der Waals surface area contributed by atoms with E-state index in [0.29, 0.717) is 29.8 Å². The number of aliphatic hydroxyl groups is 1. The maximum atomic E-state index is 10.6. The minimum Gasteiger partial charge on any atom is -0.496 e. The van der Waals surface area contributed by atoms with Crippen LogP contribution in [0.2, 0.25) is 0 Å². The number of hydroxylamine groups is 2. The lowest BCUT2D eigenvalue weighted by Crippen LogP contribution is -2.62. The summed E-state index contributed by atoms with van der Waals surface area (Å²) in [7, 11) is 10.4. The highest BCUT2D eigenvalue weighted by molar-refractivity contribution is 5.73. The zero-order valence-electron chi connectivity index (χ0n) is 34.8. The van der Waals surface area contributed by atoms with Crippen LogP contribution in [0.15, 0.2) is 36.4 Å². The molecule has 0 radical (unpaired) electrons. The van der Waals surface area contributed by atoms with Crippen LogP contribution in [-0.2, 0) is 24.2 Å². The van der Waals surface area contributed by atoms with Crippen molar-refractivity contribution in [2.75, 3.05) is 55.0 Å². The largest absolute Gasteiger partial charge is 0.496 e. The van der Waals surface area contributed by atoms with Gasteiger partial charge in [0.05, 0.1) is 26.3 Å². The molecule has 2 aromatic rings. The number of aryl methyl sites for hydroxylation is 2. The second kappa shape index (κ2) is 18.1. The van der Waals surface area contributed by atoms with Crippen LogP contribution in [0, 0.1) is 35.0 Å². The first-order valence-corrected chi connectivity index (χ1v) is 20.6. The van der Waals surface area contributed by atoms with Gasteiger partial charge in [0.1, 0.15) is 11.9 Å². The average molecular weight is 719 g/mol. The van der Waals surface area contributed by atoms with Gasteiger partial charge in [-0.05, 0) is 145 Å². The Morgan fingerprint density at radius 1 is 0.942 bits per heavy atom. The lowest BCUT2D eigenvalue weighted by Gasteiger charge is -2.62. The summed E-state index contributed by atoms with van der Waals surface area (Å²) in [6.45, 7) is 17.2. The minimum atomic E-state index is -0.223. The van der Waals surface area contributed by atoms with Crippen molar-refractivity contribution >= 4 is 0 Å². The summed E-state index contributed by atoms with van der Waals surface area (Å²) < 4.78 is 6.31. The number of benzene rings is 2. The molecule has 1 heterocycles. The van der Waals surface area contributed by atoms with E-state index in [1.807, 2.05) is 7.11 Å². The first-order valence-electron chi connectivity index (χ1n) is 20.6. The molecule has 1 unspecified atom stereocenters. The molecule has 2 bridgehead atoms. The van der Waals surface area contributed by atoms with Gasteiger partial charge in [0.2, 0.25) is 0 Å². The Bertz CT molecular complexity index is 1390. The Kier molecular flexibility index (Phi) is 14.3. The van der Waals surface area contributed by atoms with Gasteiger partial charge < -0.3 is 25.0 Å². The fourth-order valence-corrected chi connectivity index (χ4v) is 10.3. The number of rotatable bonds is 19. The molecule has 0 amide bonds. The molecule has 2 N–H and O–H groups in total. The number of unbranched alkanes of at least 4 members (excludes halogenated alkanes) is 2. The van der Waals surface area contributed by atoms with Crippen molar-refractivity contribution in [2.45, 2.75) is 124 Å². The van der Waals surface area contributed by atoms with Gasteiger partial charge in [0.15, 0.2) is 0 Å². The van der Waals surface area contributed by atoms with Crippen LogP contribution in [0.1, 0.15) is 96.8 Å². The molecule has 4 fully saturated rings. The van der Waals surface area contributed by atoms with E-state index in [1.165, 1.54) is 55.2 Å². The van der Waals surface area contributed by atoms with Crippen LogP contribution >= 0.6 is 0 Å². The Balaban J connectivity index is 1.41. The summed E-state index contributed by atoms with van der Waals surface area (Å²) in [6, 6.07) is 14.7. The monoisotopic (exact) mass is 719 g/mol. The maximum Gasteiger partial charge on any atom is 0.131 e. The molecule has 1 aliphatic heterocycles. The molecule has 8 atom stereocenters. The van der Waals surface area contributed by atoms with E-state index in [4.69, 9.17) is 9.57 Å². The van der Waals surface area contributed by atoms with Crippen molar-refractivity contribution in [3.05, 3.63) is 53.1 Å². The van der Waals surface area contributed by atoms with Gasteiger partial charge >= 0.3 is 0 Å². The fourth-order valence-electron chi connectivity index (χ4n) is 10.3. The second-order valence-electron chi connectivity index (χ2n) is 18.3. The van der Waals surface area contributed by atoms with Gasteiger partial charge in [-0.25, -0.2) is 0 Å². The molecule has 1 saturated heterocycles. The topological polar surface area (TPSA) is 60.4 Å². The molecule has 52 heavy (non-hydrogen) atoms. The van der Waals surface area contributed by atoms with Gasteiger partial charge in [0, 0.05) is 29.1 Å². The Hall–Kier alpha value is -2.00. The first kappa shape index (κ1) is 41.2. The molecule has 2 aromatic carbocycles. The molecular weight excluding hydrogens is 645 g/mol. The lowest BCUT2D eigenvalue weighted by atomic mass is 9.44. The number of nitrogens with zero attached hydrogens (tertiary/aromatic N) is 3. The summed E-state index contributed by atoms with van der Waals surface area (Å²) in [4.78, 5) is 11.3. The Morgan fingerprint density at radius 3 is 2.10 bits per heavy atom. The molecule has 0 spiro atoms. The molecule has 6 rings (SSSR count). The average Bonchev–Trinajstić information content (AvgIpc) is 3.47. The second-order valence-corrected chi connectivity index (χ2v) is 18.3. The van der Waals surface area contributed by atoms with Crippen LogP contribution in [0.5, 0.6) is 5.75 Å². The zero-order valence-corrected chi connectivity index (χ0v) is 34.8. The minimum absolute atomic E-state index is 0.0244. The van der Waals surface area contributed by atoms with Gasteiger partial charge in [-0.3, -0.25) is 4.84 Å². The van der Waals surface area contributed by atoms with Crippen LogP contribution < -0.4 is 10.1 Å². The van der Waals surface area contributed by atoms with Crippen LogP contribution in [-0.4, -0.2) is 99.2 Å². The summed E-state index contributed by atoms with van der Waals surface area (Å²) in [5.74, 6) is 3.76. The highest BCUT2D eigenvalue weighted by Gasteiger charge is 2.57. The lowest BCUT2D eigenvalue weighted by molar-refractivity contribution is -0.182. The van der Waals surface area contributed by atoms with Crippen molar-refractivity contribution in [1.82, 2.24) is 20.2 Å². The highest BCUT2D eigenvalue weighted by atomic mass is 16.7. The van der Waals surface area contributed by atoms with Gasteiger partial charge in [-0.15, -0.1) is 0 Å². The third kappa shape index (κ3) is 9.44. The maximum absolute atomic E-state index is 10.6. The van der Waals surface area contributed by atoms with E-state index < -0.39 is 0 Å². The van der Waals surface area contributed by atoms with Crippen molar-refractivity contribution in [1.29, 1.82) is 0 Å². The number of aliphatic hydroxyl groups excluding tert-OH is 1. The van der Waals surface area contributed by atoms with Crippen LogP contribution in [0.3, 0.4) is 0 Å². The fraction of sp³-hybridized carbons (Fsp3) is 0.733. The Morgan fingerprint density at radius 2 is 1.58 bits per heavy atom. The van der Waals surface area contributed by atoms with E-state index in [0.717, 1.165) is 54.6 Å². The van der Waals surface area contributed by atoms with Gasteiger partial charge in [-0.1, -0.05) is 71.0 Å². The van der Waals surface area contributed by atoms with E-state index in [1.54, 1.807) is 0 Å². The van der Waals surface area contributed by atoms with E-state index >= 15 is 0 Å². The van der Waals surface area contributed by atoms with E-state index in [9.17, 15) is 5.11 Å². The molecule has 7 nitrogen and oxygen atoms in total. The summed E-state index contributed by atoms with van der Waals surface area (Å²) in [5, 5.41) is 16.9. The zero-order chi connectivity index (χ0) is 37.7. The van der Waals surface area contributed by atoms with Gasteiger partial charge in [0.25, 0.3) is 0 Å². The predicted molar refractivity (Wildman–Crippen MR) is 217 cm³/mol. The number of ether oxygens (including phenoxy) is 1. The molecule has 292 valence electrons. The standard InChI is InChI=1S/C45H74N4O3/c1-30(2)42-41(29-50)52-49(43(42)32(4)46-40-27-37-26-39(31(40)3)45(37,5)6)28-35-19-16-20-38(44(35)51-11)36-24-33(17-12-14-21-47(7)8)23-34(25-36)18-13-15-22-48(9)10/h16,19-20,23-25,30-32,37,39-43,46,50H,12-15,17-18,21-22,26-29H2,1-11H3/t31-,32?,37+,39-,40-,41-,42-,43+/m0/s1. The van der Waals surface area contributed by atoms with Crippen molar-refractivity contribution in [3.8, 4) is 16.9 Å². The van der Waals surface area contributed by atoms with Crippen molar-refractivity contribution in [2.24, 2.45) is 35.0 Å². The van der Waals surface area contributed by atoms with Crippen molar-refractivity contribution in [3.63, 3.8) is 0 Å². The summed E-state index contributed by atoms with van der Waals surface area (Å²) in [5.41, 5.74) is 6.79. The normalized spacial score (nSPS) is 27.8. The molecule has 0 aromatic heterocycles. The van der Waals surface area contributed by atoms with Crippen molar-refractivity contribution < 1.29 is 14.7 Å². The molecule has 3 aliphatic carbocycles. The van der Waals surface area contributed by atoms with Gasteiger partial charge in [-0.2, -0.15) is 5.06 Å². The van der Waals surface area contributed by atoms with Crippen LogP contribution in [0.4, 0.5) is 0 Å². The number of fused-ring (bicyclic) bond motifs is 2. The predicted octanol–water partition coefficient (Wildman–Crippen LogP) is 7.93. The first-order chi connectivity index (χ1) is 24.7. The third-order valence-corrected chi connectivity index (χ3v) is 13.4. The smallest absolute Gasteiger partial charge is 0.131 e. The molecule has 7 heteroatoms. The SMILES string of the molecule is COc1c(CN2O[C@@H](CO)[C@H](C(C)C)[C@H]2C(C)N[C@H]2C[C@H]3C[C@@H]([C@@H]2C)C3(C)C)cccc1-c1cc(CCCCN(C)C)cc(CCCCN(C)C)c1. The van der Waals surface area contributed by atoms with E-state index in [-0.39, 0.29) is 30.7 Å². The highest BCUT2D eigenvalue weighted by Crippen LogP contribution is 2.61. The number of hydrogen-bond acceptors (Lipinski definition) is 7.